The molecule has 0 aliphatic carbocycles. The molecule has 3 rings (SSSR count). The third-order valence-electron chi connectivity index (χ3n) is 5.75. The average Bonchev–Trinajstić information content (AvgIpc) is 2.78. The number of anilines is 1. The zero-order valence-electron chi connectivity index (χ0n) is 18.1. The van der Waals surface area contributed by atoms with Crippen molar-refractivity contribution in [1.29, 1.82) is 0 Å². The molecular weight excluding hydrogens is 378 g/mol. The summed E-state index contributed by atoms with van der Waals surface area (Å²) in [5.41, 5.74) is 4.46. The van der Waals surface area contributed by atoms with Gasteiger partial charge in [0.25, 0.3) is 5.91 Å². The van der Waals surface area contributed by atoms with E-state index in [4.69, 9.17) is 4.74 Å². The van der Waals surface area contributed by atoms with Crippen LogP contribution in [0, 0.1) is 13.8 Å². The van der Waals surface area contributed by atoms with Gasteiger partial charge in [0.1, 0.15) is 5.75 Å². The van der Waals surface area contributed by atoms with Crippen LogP contribution in [0.2, 0.25) is 0 Å². The zero-order chi connectivity index (χ0) is 21.5. The summed E-state index contributed by atoms with van der Waals surface area (Å²) in [7, 11) is 1.59. The minimum Gasteiger partial charge on any atom is -0.497 e. The Bertz CT molecular complexity index is 872. The van der Waals surface area contributed by atoms with Crippen molar-refractivity contribution in [2.45, 2.75) is 26.7 Å². The first-order valence-electron chi connectivity index (χ1n) is 10.5. The number of methoxy groups -OCH3 is 1. The Balaban J connectivity index is 1.38. The molecule has 2 aromatic carbocycles. The van der Waals surface area contributed by atoms with E-state index < -0.39 is 0 Å². The predicted octanol–water partition coefficient (Wildman–Crippen LogP) is 3.17. The van der Waals surface area contributed by atoms with Gasteiger partial charge in [-0.2, -0.15) is 0 Å². The van der Waals surface area contributed by atoms with Crippen molar-refractivity contribution in [3.05, 3.63) is 59.2 Å². The van der Waals surface area contributed by atoms with E-state index in [1.165, 1.54) is 16.8 Å². The Labute approximate surface area is 178 Å². The molecule has 0 bridgehead atoms. The first-order valence-corrected chi connectivity index (χ1v) is 10.5. The van der Waals surface area contributed by atoms with Gasteiger partial charge in [-0.3, -0.25) is 9.59 Å². The van der Waals surface area contributed by atoms with Crippen molar-refractivity contribution in [2.75, 3.05) is 44.7 Å². The van der Waals surface area contributed by atoms with Gasteiger partial charge in [-0.1, -0.05) is 12.1 Å². The highest BCUT2D eigenvalue weighted by atomic mass is 16.5. The number of carbonyl (C=O) groups is 2. The lowest BCUT2D eigenvalue weighted by Crippen LogP contribution is -2.49. The molecule has 1 heterocycles. The van der Waals surface area contributed by atoms with Crippen molar-refractivity contribution >= 4 is 17.5 Å². The number of hydrogen-bond acceptors (Lipinski definition) is 4. The van der Waals surface area contributed by atoms with Crippen LogP contribution in [0.3, 0.4) is 0 Å². The molecule has 160 valence electrons. The first-order chi connectivity index (χ1) is 14.5. The van der Waals surface area contributed by atoms with Gasteiger partial charge in [0, 0.05) is 50.4 Å². The van der Waals surface area contributed by atoms with E-state index in [2.05, 4.69) is 42.3 Å². The fraction of sp³-hybridized carbons (Fsp3) is 0.417. The van der Waals surface area contributed by atoms with E-state index in [1.54, 1.807) is 31.4 Å². The topological polar surface area (TPSA) is 61.9 Å². The van der Waals surface area contributed by atoms with Crippen LogP contribution < -0.4 is 15.0 Å². The quantitative estimate of drug-likeness (QED) is 0.714. The van der Waals surface area contributed by atoms with Gasteiger partial charge >= 0.3 is 0 Å². The summed E-state index contributed by atoms with van der Waals surface area (Å²) in [5, 5.41) is 2.88. The van der Waals surface area contributed by atoms with E-state index in [9.17, 15) is 9.59 Å². The highest BCUT2D eigenvalue weighted by Gasteiger charge is 2.22. The summed E-state index contributed by atoms with van der Waals surface area (Å²) in [6, 6.07) is 13.4. The first kappa shape index (κ1) is 21.7. The third kappa shape index (κ3) is 5.32. The summed E-state index contributed by atoms with van der Waals surface area (Å²) in [6.45, 7) is 7.96. The zero-order valence-corrected chi connectivity index (χ0v) is 18.1. The van der Waals surface area contributed by atoms with Crippen molar-refractivity contribution in [3.8, 4) is 5.75 Å². The maximum absolute atomic E-state index is 12.5. The molecule has 0 radical (unpaired) electrons. The second kappa shape index (κ2) is 10.1. The Morgan fingerprint density at radius 3 is 2.37 bits per heavy atom. The Morgan fingerprint density at radius 1 is 1.00 bits per heavy atom. The number of aryl methyl sites for hydroxylation is 1. The van der Waals surface area contributed by atoms with Crippen LogP contribution >= 0.6 is 0 Å². The van der Waals surface area contributed by atoms with Crippen molar-refractivity contribution in [1.82, 2.24) is 10.2 Å². The van der Waals surface area contributed by atoms with Gasteiger partial charge in [0.15, 0.2) is 0 Å². The number of hydrogen-bond donors (Lipinski definition) is 1. The molecule has 6 heteroatoms. The summed E-state index contributed by atoms with van der Waals surface area (Å²) in [5.74, 6) is 0.747. The lowest BCUT2D eigenvalue weighted by atomic mass is 10.1. The lowest BCUT2D eigenvalue weighted by Gasteiger charge is -2.37. The molecule has 2 amide bonds. The van der Waals surface area contributed by atoms with Gasteiger partial charge < -0.3 is 19.9 Å². The fourth-order valence-electron chi connectivity index (χ4n) is 3.72. The predicted molar refractivity (Wildman–Crippen MR) is 119 cm³/mol. The number of piperazine rings is 1. The third-order valence-corrected chi connectivity index (χ3v) is 5.75. The second-order valence-corrected chi connectivity index (χ2v) is 7.67. The van der Waals surface area contributed by atoms with Crippen LogP contribution in [-0.4, -0.2) is 56.5 Å². The molecule has 1 fully saturated rings. The molecule has 1 N–H and O–H groups in total. The Kier molecular flexibility index (Phi) is 7.33. The maximum Gasteiger partial charge on any atom is 0.251 e. The van der Waals surface area contributed by atoms with Crippen LogP contribution in [0.5, 0.6) is 5.75 Å². The smallest absolute Gasteiger partial charge is 0.251 e. The molecule has 0 aromatic heterocycles. The molecule has 1 aliphatic heterocycles. The average molecular weight is 410 g/mol. The maximum atomic E-state index is 12.5. The van der Waals surface area contributed by atoms with Crippen LogP contribution in [0.25, 0.3) is 0 Å². The minimum absolute atomic E-state index is 0.132. The molecule has 30 heavy (non-hydrogen) atoms. The van der Waals surface area contributed by atoms with Crippen LogP contribution in [0.4, 0.5) is 5.69 Å². The normalized spacial score (nSPS) is 13.8. The number of amides is 2. The van der Waals surface area contributed by atoms with Gasteiger partial charge in [-0.15, -0.1) is 0 Å². The molecule has 2 aromatic rings. The van der Waals surface area contributed by atoms with Crippen molar-refractivity contribution in [3.63, 3.8) is 0 Å². The van der Waals surface area contributed by atoms with Crippen LogP contribution in [0.1, 0.15) is 34.3 Å². The number of carbonyl (C=O) groups excluding carboxylic acids is 2. The molecule has 0 saturated carbocycles. The van der Waals surface area contributed by atoms with Gasteiger partial charge in [-0.05, 0) is 61.7 Å². The van der Waals surface area contributed by atoms with Crippen molar-refractivity contribution < 1.29 is 14.3 Å². The minimum atomic E-state index is -0.132. The standard InChI is InChI=1S/C24H31N3O3/c1-18-6-4-7-22(19(18)2)26-14-16-27(17-15-26)23(28)8-5-13-25-24(29)20-9-11-21(30-3)12-10-20/h4,6-7,9-12H,5,8,13-17H2,1-3H3,(H,25,29). The lowest BCUT2D eigenvalue weighted by molar-refractivity contribution is -0.131. The van der Waals surface area contributed by atoms with E-state index in [0.29, 0.717) is 24.9 Å². The van der Waals surface area contributed by atoms with E-state index in [1.807, 2.05) is 4.90 Å². The number of benzene rings is 2. The molecule has 1 aliphatic rings. The number of nitrogens with one attached hydrogen (secondary N) is 1. The molecule has 0 unspecified atom stereocenters. The van der Waals surface area contributed by atoms with Crippen molar-refractivity contribution in [2.24, 2.45) is 0 Å². The van der Waals surface area contributed by atoms with Crippen LogP contribution in [0.15, 0.2) is 42.5 Å². The molecule has 0 spiro atoms. The molecule has 1 saturated heterocycles. The van der Waals surface area contributed by atoms with E-state index in [0.717, 1.165) is 31.9 Å². The highest BCUT2D eigenvalue weighted by Crippen LogP contribution is 2.24. The van der Waals surface area contributed by atoms with E-state index >= 15 is 0 Å². The van der Waals surface area contributed by atoms with E-state index in [-0.39, 0.29) is 11.8 Å². The van der Waals surface area contributed by atoms with Gasteiger partial charge in [-0.25, -0.2) is 0 Å². The number of nitrogens with zero attached hydrogens (tertiary/aromatic N) is 2. The molecule has 6 nitrogen and oxygen atoms in total. The largest absolute Gasteiger partial charge is 0.497 e. The van der Waals surface area contributed by atoms with Gasteiger partial charge in [0.05, 0.1) is 7.11 Å². The summed E-state index contributed by atoms with van der Waals surface area (Å²) in [6.07, 6.45) is 1.09. The number of rotatable bonds is 7. The Morgan fingerprint density at radius 2 is 1.70 bits per heavy atom. The molecule has 0 atom stereocenters. The number of ether oxygens (including phenoxy) is 1. The SMILES string of the molecule is COc1ccc(C(=O)NCCCC(=O)N2CCN(c3cccc(C)c3C)CC2)cc1. The Hall–Kier alpha value is -3.02. The van der Waals surface area contributed by atoms with Crippen LogP contribution in [-0.2, 0) is 4.79 Å². The molecular formula is C24H31N3O3. The summed E-state index contributed by atoms with van der Waals surface area (Å²) in [4.78, 5) is 29.0. The highest BCUT2D eigenvalue weighted by molar-refractivity contribution is 5.94. The van der Waals surface area contributed by atoms with Gasteiger partial charge in [0.2, 0.25) is 5.91 Å². The second-order valence-electron chi connectivity index (χ2n) is 7.67. The monoisotopic (exact) mass is 409 g/mol. The summed E-state index contributed by atoms with van der Waals surface area (Å²) >= 11 is 0. The fourth-order valence-corrected chi connectivity index (χ4v) is 3.72. The summed E-state index contributed by atoms with van der Waals surface area (Å²) < 4.78 is 5.10.